The minimum absolute atomic E-state index is 0.369. The van der Waals surface area contributed by atoms with Gasteiger partial charge in [-0.2, -0.15) is 20.1 Å². The first kappa shape index (κ1) is 20.0. The number of nitrogens with one attached hydrogen (secondary N) is 3. The lowest BCUT2D eigenvalue weighted by molar-refractivity contribution is 0.122. The van der Waals surface area contributed by atoms with Crippen LogP contribution in [-0.4, -0.2) is 52.5 Å². The van der Waals surface area contributed by atoms with Crippen molar-refractivity contribution in [3.05, 3.63) is 65.9 Å². The van der Waals surface area contributed by atoms with Crippen molar-refractivity contribution in [2.75, 3.05) is 41.9 Å². The molecule has 162 valence electrons. The zero-order chi connectivity index (χ0) is 21.8. The Bertz CT molecular complexity index is 1230. The van der Waals surface area contributed by atoms with E-state index < -0.39 is 0 Å². The summed E-state index contributed by atoms with van der Waals surface area (Å²) >= 11 is 0. The normalized spacial score (nSPS) is 14.2. The van der Waals surface area contributed by atoms with Gasteiger partial charge in [0.05, 0.1) is 19.4 Å². The summed E-state index contributed by atoms with van der Waals surface area (Å²) < 4.78 is 5.46. The number of fused-ring (bicyclic) bond motifs is 1. The topological polar surface area (TPSA) is 103 Å². The van der Waals surface area contributed by atoms with E-state index >= 15 is 0 Å². The van der Waals surface area contributed by atoms with Crippen LogP contribution in [-0.2, 0) is 4.74 Å². The van der Waals surface area contributed by atoms with E-state index in [1.807, 2.05) is 49.4 Å². The summed E-state index contributed by atoms with van der Waals surface area (Å²) in [5, 5.41) is 8.77. The van der Waals surface area contributed by atoms with Crippen molar-refractivity contribution in [1.82, 2.24) is 19.9 Å². The maximum Gasteiger partial charge on any atom is 0.250 e. The summed E-state index contributed by atoms with van der Waals surface area (Å²) in [6.07, 6.45) is 1.79. The number of morpholine rings is 1. The van der Waals surface area contributed by atoms with Gasteiger partial charge < -0.3 is 19.9 Å². The first-order valence-corrected chi connectivity index (χ1v) is 10.5. The summed E-state index contributed by atoms with van der Waals surface area (Å²) in [6.45, 7) is 4.78. The summed E-state index contributed by atoms with van der Waals surface area (Å²) in [5.74, 6) is 1.41. The van der Waals surface area contributed by atoms with Crippen LogP contribution in [0.4, 0.5) is 23.5 Å². The van der Waals surface area contributed by atoms with Gasteiger partial charge in [-0.05, 0) is 25.1 Å². The highest BCUT2D eigenvalue weighted by Gasteiger charge is 2.17. The maximum absolute atomic E-state index is 5.46. The molecule has 1 saturated heterocycles. The molecule has 9 nitrogen and oxygen atoms in total. The number of H-pyrrole nitrogens is 1. The van der Waals surface area contributed by atoms with Gasteiger partial charge in [0.15, 0.2) is 0 Å². The SMILES string of the molecule is Cc1[nH]c2ccccc2c1/C=N\Nc1nc(Nc2ccccc2)nc(N2CCOCC2)n1. The van der Waals surface area contributed by atoms with E-state index in [4.69, 9.17) is 4.74 Å². The molecule has 3 N–H and O–H groups in total. The fourth-order valence-electron chi connectivity index (χ4n) is 3.65. The summed E-state index contributed by atoms with van der Waals surface area (Å²) in [6, 6.07) is 18.0. The van der Waals surface area contributed by atoms with E-state index in [0.717, 1.165) is 40.9 Å². The van der Waals surface area contributed by atoms with Crippen molar-refractivity contribution >= 4 is 40.6 Å². The van der Waals surface area contributed by atoms with E-state index in [9.17, 15) is 0 Å². The van der Waals surface area contributed by atoms with Crippen molar-refractivity contribution < 1.29 is 4.74 Å². The highest BCUT2D eigenvalue weighted by atomic mass is 16.5. The highest BCUT2D eigenvalue weighted by molar-refractivity contribution is 6.00. The lowest BCUT2D eigenvalue weighted by Gasteiger charge is -2.27. The molecule has 1 fully saturated rings. The maximum atomic E-state index is 5.46. The average molecular weight is 429 g/mol. The van der Waals surface area contributed by atoms with E-state index in [1.54, 1.807) is 6.21 Å². The number of aryl methyl sites for hydroxylation is 1. The molecule has 5 rings (SSSR count). The number of hydrogen-bond acceptors (Lipinski definition) is 8. The number of aromatic nitrogens is 4. The Labute approximate surface area is 185 Å². The Morgan fingerprint density at radius 2 is 1.72 bits per heavy atom. The zero-order valence-electron chi connectivity index (χ0n) is 17.7. The van der Waals surface area contributed by atoms with E-state index in [1.165, 1.54) is 0 Å². The number of aromatic amines is 1. The quantitative estimate of drug-likeness (QED) is 0.318. The lowest BCUT2D eigenvalue weighted by Crippen LogP contribution is -2.37. The molecule has 0 spiro atoms. The molecule has 2 aromatic heterocycles. The van der Waals surface area contributed by atoms with Crippen LogP contribution < -0.4 is 15.6 Å². The van der Waals surface area contributed by atoms with Crippen LogP contribution in [0.25, 0.3) is 10.9 Å². The second-order valence-corrected chi connectivity index (χ2v) is 7.45. The van der Waals surface area contributed by atoms with Gasteiger partial charge in [-0.25, -0.2) is 5.43 Å². The molecule has 0 radical (unpaired) electrons. The average Bonchev–Trinajstić information content (AvgIpc) is 3.15. The van der Waals surface area contributed by atoms with Crippen LogP contribution in [0.5, 0.6) is 0 Å². The number of ether oxygens (including phenoxy) is 1. The van der Waals surface area contributed by atoms with Crippen LogP contribution in [0.15, 0.2) is 59.7 Å². The van der Waals surface area contributed by atoms with Crippen molar-refractivity contribution in [3.8, 4) is 0 Å². The Morgan fingerprint density at radius 3 is 2.56 bits per heavy atom. The molecule has 0 bridgehead atoms. The molecule has 9 heteroatoms. The minimum Gasteiger partial charge on any atom is -0.378 e. The molecular formula is C23H24N8O. The number of hydrazone groups is 1. The highest BCUT2D eigenvalue weighted by Crippen LogP contribution is 2.21. The monoisotopic (exact) mass is 428 g/mol. The van der Waals surface area contributed by atoms with Crippen LogP contribution in [0.2, 0.25) is 0 Å². The number of hydrogen-bond donors (Lipinski definition) is 3. The fourth-order valence-corrected chi connectivity index (χ4v) is 3.65. The van der Waals surface area contributed by atoms with Crippen LogP contribution in [0.1, 0.15) is 11.3 Å². The Balaban J connectivity index is 1.42. The standard InChI is InChI=1S/C23H24N8O/c1-16-19(18-9-5-6-10-20(18)25-16)15-24-30-22-27-21(26-17-7-3-2-4-8-17)28-23(29-22)31-11-13-32-14-12-31/h2-10,15,25H,11-14H2,1H3,(H2,26,27,28,29,30)/b24-15-. The zero-order valence-corrected chi connectivity index (χ0v) is 17.7. The third kappa shape index (κ3) is 4.37. The molecule has 4 aromatic rings. The number of nitrogens with zero attached hydrogens (tertiary/aromatic N) is 5. The van der Waals surface area contributed by atoms with E-state index in [0.29, 0.717) is 31.1 Å². The Morgan fingerprint density at radius 1 is 0.969 bits per heavy atom. The van der Waals surface area contributed by atoms with Gasteiger partial charge in [0.2, 0.25) is 17.8 Å². The van der Waals surface area contributed by atoms with E-state index in [2.05, 4.69) is 52.8 Å². The molecule has 3 heterocycles. The van der Waals surface area contributed by atoms with Crippen molar-refractivity contribution in [2.45, 2.75) is 6.92 Å². The van der Waals surface area contributed by atoms with Crippen LogP contribution in [0, 0.1) is 6.92 Å². The number of para-hydroxylation sites is 2. The molecule has 2 aromatic carbocycles. The fraction of sp³-hybridized carbons (Fsp3) is 0.217. The van der Waals surface area contributed by atoms with Gasteiger partial charge >= 0.3 is 0 Å². The smallest absolute Gasteiger partial charge is 0.250 e. The molecule has 0 amide bonds. The molecule has 0 unspecified atom stereocenters. The molecule has 1 aliphatic heterocycles. The predicted molar refractivity (Wildman–Crippen MR) is 127 cm³/mol. The van der Waals surface area contributed by atoms with E-state index in [-0.39, 0.29) is 0 Å². The minimum atomic E-state index is 0.369. The van der Waals surface area contributed by atoms with Gasteiger partial charge in [-0.1, -0.05) is 36.4 Å². The largest absolute Gasteiger partial charge is 0.378 e. The summed E-state index contributed by atoms with van der Waals surface area (Å²) in [4.78, 5) is 19.1. The summed E-state index contributed by atoms with van der Waals surface area (Å²) in [7, 11) is 0. The Kier molecular flexibility index (Phi) is 5.63. The van der Waals surface area contributed by atoms with Gasteiger partial charge in [0.25, 0.3) is 0 Å². The number of benzene rings is 2. The Hall–Kier alpha value is -3.98. The first-order valence-electron chi connectivity index (χ1n) is 10.5. The third-order valence-corrected chi connectivity index (χ3v) is 5.25. The molecule has 0 atom stereocenters. The van der Waals surface area contributed by atoms with Gasteiger partial charge in [-0.3, -0.25) is 0 Å². The third-order valence-electron chi connectivity index (χ3n) is 5.25. The molecular weight excluding hydrogens is 404 g/mol. The first-order chi connectivity index (χ1) is 15.8. The molecule has 0 aliphatic carbocycles. The van der Waals surface area contributed by atoms with Crippen molar-refractivity contribution in [3.63, 3.8) is 0 Å². The van der Waals surface area contributed by atoms with Crippen molar-refractivity contribution in [1.29, 1.82) is 0 Å². The molecule has 32 heavy (non-hydrogen) atoms. The van der Waals surface area contributed by atoms with Gasteiger partial charge in [-0.15, -0.1) is 0 Å². The molecule has 1 aliphatic rings. The van der Waals surface area contributed by atoms with Gasteiger partial charge in [0, 0.05) is 40.9 Å². The van der Waals surface area contributed by atoms with Crippen LogP contribution in [0.3, 0.4) is 0 Å². The number of anilines is 4. The van der Waals surface area contributed by atoms with Crippen molar-refractivity contribution in [2.24, 2.45) is 5.10 Å². The molecule has 0 saturated carbocycles. The predicted octanol–water partition coefficient (Wildman–Crippen LogP) is 3.69. The van der Waals surface area contributed by atoms with Gasteiger partial charge in [0.1, 0.15) is 0 Å². The lowest BCUT2D eigenvalue weighted by atomic mass is 10.1. The van der Waals surface area contributed by atoms with Crippen LogP contribution >= 0.6 is 0 Å². The summed E-state index contributed by atoms with van der Waals surface area (Å²) in [5.41, 5.74) is 7.03. The number of rotatable bonds is 6. The second-order valence-electron chi connectivity index (χ2n) is 7.45. The second kappa shape index (κ2) is 9.03.